The van der Waals surface area contributed by atoms with Crippen molar-refractivity contribution in [3.8, 4) is 22.6 Å². The summed E-state index contributed by atoms with van der Waals surface area (Å²) in [5.41, 5.74) is -0.468. The number of aromatic nitrogens is 4. The third-order valence-electron chi connectivity index (χ3n) is 5.22. The lowest BCUT2D eigenvalue weighted by Crippen LogP contribution is -2.42. The monoisotopic (exact) mass is 451 g/mol. The molecule has 1 fully saturated rings. The maximum Gasteiger partial charge on any atom is 0.433 e. The van der Waals surface area contributed by atoms with E-state index in [4.69, 9.17) is 0 Å². The van der Waals surface area contributed by atoms with Crippen LogP contribution in [0.1, 0.15) is 34.7 Å². The highest BCUT2D eigenvalue weighted by molar-refractivity contribution is 6.01. The molecule has 11 heteroatoms. The van der Waals surface area contributed by atoms with Crippen molar-refractivity contribution in [1.29, 1.82) is 0 Å². The van der Waals surface area contributed by atoms with Crippen LogP contribution in [-0.4, -0.2) is 50.0 Å². The molecule has 0 unspecified atom stereocenters. The number of piperidine rings is 1. The van der Waals surface area contributed by atoms with Crippen molar-refractivity contribution in [2.45, 2.75) is 31.9 Å². The minimum absolute atomic E-state index is 0.0661. The number of likely N-dealkylation sites (tertiary alicyclic amines) is 1. The second-order valence-corrected chi connectivity index (χ2v) is 7.57. The summed E-state index contributed by atoms with van der Waals surface area (Å²) < 4.78 is 66.7. The highest BCUT2D eigenvalue weighted by Gasteiger charge is 2.37. The number of aromatic amines is 1. The van der Waals surface area contributed by atoms with Crippen molar-refractivity contribution in [3.63, 3.8) is 0 Å². The molecule has 6 nitrogen and oxygen atoms in total. The number of hydrogen-bond donors (Lipinski definition) is 1. The lowest BCUT2D eigenvalue weighted by atomic mass is 9.97. The molecular weight excluding hydrogens is 433 g/mol. The van der Waals surface area contributed by atoms with Crippen LogP contribution < -0.4 is 0 Å². The van der Waals surface area contributed by atoms with Crippen LogP contribution in [-0.2, 0) is 6.18 Å². The Morgan fingerprint density at radius 2 is 1.81 bits per heavy atom. The lowest BCUT2D eigenvalue weighted by Gasteiger charge is -2.32. The van der Waals surface area contributed by atoms with Gasteiger partial charge < -0.3 is 9.88 Å². The third kappa shape index (κ3) is 4.46. The van der Waals surface area contributed by atoms with Crippen molar-refractivity contribution in [1.82, 2.24) is 25.1 Å². The number of hydrogen-bond acceptors (Lipinski definition) is 4. The zero-order valence-electron chi connectivity index (χ0n) is 16.9. The van der Waals surface area contributed by atoms with E-state index in [1.165, 1.54) is 29.2 Å². The smallest absolute Gasteiger partial charge is 0.338 e. The number of rotatable bonds is 3. The standard InChI is InChI=1S/C21H18F5N5O/c1-12-27-18(30-29-12)13-5-6-14(19(32)31-9-7-20(22,23)8-10-31)15(11-13)16-3-2-4-17(28-16)21(24,25)26/h2-6,11H,7-10H2,1H3,(H,27,29,30). The van der Waals surface area contributed by atoms with Gasteiger partial charge in [-0.05, 0) is 31.2 Å². The first-order chi connectivity index (χ1) is 15.0. The average Bonchev–Trinajstić information content (AvgIpc) is 3.19. The summed E-state index contributed by atoms with van der Waals surface area (Å²) in [6.45, 7) is 1.39. The predicted molar refractivity (Wildman–Crippen MR) is 105 cm³/mol. The molecule has 32 heavy (non-hydrogen) atoms. The van der Waals surface area contributed by atoms with Gasteiger partial charge in [0.05, 0.1) is 5.69 Å². The average molecular weight is 451 g/mol. The van der Waals surface area contributed by atoms with E-state index in [2.05, 4.69) is 20.2 Å². The number of carbonyl (C=O) groups is 1. The van der Waals surface area contributed by atoms with Crippen LogP contribution in [0.4, 0.5) is 22.0 Å². The quantitative estimate of drug-likeness (QED) is 0.585. The zero-order valence-corrected chi connectivity index (χ0v) is 16.9. The van der Waals surface area contributed by atoms with Crippen molar-refractivity contribution in [2.75, 3.05) is 13.1 Å². The molecule has 0 atom stereocenters. The number of H-pyrrole nitrogens is 1. The van der Waals surface area contributed by atoms with Crippen LogP contribution in [0.2, 0.25) is 0 Å². The van der Waals surface area contributed by atoms with Crippen LogP contribution in [0.25, 0.3) is 22.6 Å². The van der Waals surface area contributed by atoms with Crippen LogP contribution >= 0.6 is 0 Å². The van der Waals surface area contributed by atoms with Crippen molar-refractivity contribution >= 4 is 5.91 Å². The van der Waals surface area contributed by atoms with Crippen LogP contribution in [0.3, 0.4) is 0 Å². The van der Waals surface area contributed by atoms with E-state index >= 15 is 0 Å². The first-order valence-electron chi connectivity index (χ1n) is 9.79. The number of carbonyl (C=O) groups excluding carboxylic acids is 1. The molecule has 4 rings (SSSR count). The molecule has 1 amide bonds. The maximum atomic E-state index is 13.5. The van der Waals surface area contributed by atoms with E-state index in [1.807, 2.05) is 0 Å². The second-order valence-electron chi connectivity index (χ2n) is 7.57. The summed E-state index contributed by atoms with van der Waals surface area (Å²) in [6, 6.07) is 7.91. The molecule has 0 saturated carbocycles. The number of nitrogens with one attached hydrogen (secondary N) is 1. The van der Waals surface area contributed by atoms with E-state index in [-0.39, 0.29) is 29.9 Å². The Hall–Kier alpha value is -3.37. The first kappa shape index (κ1) is 21.8. The molecule has 1 aliphatic rings. The van der Waals surface area contributed by atoms with Crippen molar-refractivity contribution in [2.24, 2.45) is 0 Å². The largest absolute Gasteiger partial charge is 0.433 e. The maximum absolute atomic E-state index is 13.5. The minimum Gasteiger partial charge on any atom is -0.338 e. The Labute approximate surface area is 179 Å². The Balaban J connectivity index is 1.79. The fourth-order valence-electron chi connectivity index (χ4n) is 3.52. The number of amides is 1. The number of pyridine rings is 1. The fraction of sp³-hybridized carbons (Fsp3) is 0.333. The molecule has 168 valence electrons. The highest BCUT2D eigenvalue weighted by Crippen LogP contribution is 2.34. The molecule has 0 bridgehead atoms. The van der Waals surface area contributed by atoms with Gasteiger partial charge in [-0.1, -0.05) is 12.1 Å². The van der Waals surface area contributed by atoms with Gasteiger partial charge in [0.2, 0.25) is 0 Å². The molecule has 3 aromatic rings. The summed E-state index contributed by atoms with van der Waals surface area (Å²) >= 11 is 0. The number of nitrogens with zero attached hydrogens (tertiary/aromatic N) is 4. The van der Waals surface area contributed by atoms with Gasteiger partial charge in [0.15, 0.2) is 5.82 Å². The molecule has 2 aromatic heterocycles. The van der Waals surface area contributed by atoms with Gasteiger partial charge in [-0.3, -0.25) is 4.79 Å². The Bertz CT molecular complexity index is 1150. The summed E-state index contributed by atoms with van der Waals surface area (Å²) in [4.78, 5) is 21.0. The third-order valence-corrected chi connectivity index (χ3v) is 5.22. The van der Waals surface area contributed by atoms with E-state index in [1.54, 1.807) is 13.0 Å². The molecular formula is C21H18F5N5O. The van der Waals surface area contributed by atoms with Crippen molar-refractivity contribution < 1.29 is 26.7 Å². The normalized spacial score (nSPS) is 16.2. The topological polar surface area (TPSA) is 74.8 Å². The van der Waals surface area contributed by atoms with Gasteiger partial charge in [0, 0.05) is 42.6 Å². The zero-order chi connectivity index (χ0) is 23.1. The van der Waals surface area contributed by atoms with E-state index in [0.29, 0.717) is 17.2 Å². The van der Waals surface area contributed by atoms with Gasteiger partial charge in [-0.15, -0.1) is 10.2 Å². The summed E-state index contributed by atoms with van der Waals surface area (Å²) in [6.07, 6.45) is -5.60. The highest BCUT2D eigenvalue weighted by atomic mass is 19.4. The number of aryl methyl sites for hydroxylation is 1. The molecule has 0 radical (unpaired) electrons. The molecule has 3 heterocycles. The Kier molecular flexibility index (Phi) is 5.43. The molecule has 1 N–H and O–H groups in total. The minimum atomic E-state index is -4.67. The second kappa shape index (κ2) is 7.95. The fourth-order valence-corrected chi connectivity index (χ4v) is 3.52. The van der Waals surface area contributed by atoms with E-state index in [9.17, 15) is 26.7 Å². The molecule has 0 aliphatic carbocycles. The molecule has 1 aliphatic heterocycles. The van der Waals surface area contributed by atoms with Gasteiger partial charge in [-0.2, -0.15) is 13.2 Å². The number of alkyl halides is 5. The number of halogens is 5. The van der Waals surface area contributed by atoms with Gasteiger partial charge in [0.25, 0.3) is 11.8 Å². The SMILES string of the molecule is Cc1nnc(-c2ccc(C(=O)N3CCC(F)(F)CC3)c(-c3cccc(C(F)(F)F)n3)c2)[nH]1. The van der Waals surface area contributed by atoms with Gasteiger partial charge in [-0.25, -0.2) is 13.8 Å². The predicted octanol–water partition coefficient (Wildman–Crippen LogP) is 4.73. The van der Waals surface area contributed by atoms with Crippen LogP contribution in [0.5, 0.6) is 0 Å². The molecule has 0 spiro atoms. The Morgan fingerprint density at radius 1 is 1.09 bits per heavy atom. The molecule has 1 saturated heterocycles. The summed E-state index contributed by atoms with van der Waals surface area (Å²) in [5, 5.41) is 7.84. The van der Waals surface area contributed by atoms with Crippen LogP contribution in [0.15, 0.2) is 36.4 Å². The van der Waals surface area contributed by atoms with E-state index < -0.39 is 36.5 Å². The number of benzene rings is 1. The summed E-state index contributed by atoms with van der Waals surface area (Å²) in [5.74, 6) is -2.48. The summed E-state index contributed by atoms with van der Waals surface area (Å²) in [7, 11) is 0. The van der Waals surface area contributed by atoms with E-state index in [0.717, 1.165) is 6.07 Å². The van der Waals surface area contributed by atoms with Gasteiger partial charge in [0.1, 0.15) is 11.5 Å². The Morgan fingerprint density at radius 3 is 2.44 bits per heavy atom. The lowest BCUT2D eigenvalue weighted by molar-refractivity contribution is -0.141. The van der Waals surface area contributed by atoms with Crippen LogP contribution in [0, 0.1) is 6.92 Å². The van der Waals surface area contributed by atoms with Gasteiger partial charge >= 0.3 is 6.18 Å². The molecule has 1 aromatic carbocycles. The first-order valence-corrected chi connectivity index (χ1v) is 9.79. The van der Waals surface area contributed by atoms with Crippen molar-refractivity contribution in [3.05, 3.63) is 53.5 Å².